The predicted octanol–water partition coefficient (Wildman–Crippen LogP) is -0.0575. The zero-order valence-electron chi connectivity index (χ0n) is 9.39. The fraction of sp³-hybridized carbons (Fsp3) is 0.636. The number of aromatic nitrogens is 2. The lowest BCUT2D eigenvalue weighted by molar-refractivity contribution is -0.126. The number of nitrogens with one attached hydrogen (secondary N) is 1. The molecule has 5 heteroatoms. The monoisotopic (exact) mass is 223 g/mol. The van der Waals surface area contributed by atoms with Crippen LogP contribution in [0.15, 0.2) is 12.4 Å². The SMILES string of the molecule is CC(O)CNC(=O)C1CCn2ccnc2C1. The minimum atomic E-state index is -0.491. The number of carbonyl (C=O) groups is 1. The Hall–Kier alpha value is -1.36. The molecule has 2 unspecified atom stereocenters. The van der Waals surface area contributed by atoms with Crippen molar-refractivity contribution in [2.75, 3.05) is 6.54 Å². The number of aliphatic hydroxyl groups is 1. The van der Waals surface area contributed by atoms with Gasteiger partial charge in [-0.2, -0.15) is 0 Å². The van der Waals surface area contributed by atoms with E-state index in [4.69, 9.17) is 5.11 Å². The summed E-state index contributed by atoms with van der Waals surface area (Å²) >= 11 is 0. The highest BCUT2D eigenvalue weighted by atomic mass is 16.3. The summed E-state index contributed by atoms with van der Waals surface area (Å²) in [5, 5.41) is 11.8. The van der Waals surface area contributed by atoms with Gasteiger partial charge >= 0.3 is 0 Å². The molecule has 0 aliphatic carbocycles. The van der Waals surface area contributed by atoms with Crippen LogP contribution in [0, 0.1) is 5.92 Å². The fourth-order valence-corrected chi connectivity index (χ4v) is 1.97. The van der Waals surface area contributed by atoms with Gasteiger partial charge in [-0.25, -0.2) is 4.98 Å². The van der Waals surface area contributed by atoms with E-state index in [-0.39, 0.29) is 11.8 Å². The van der Waals surface area contributed by atoms with E-state index in [1.807, 2.05) is 6.20 Å². The molecule has 16 heavy (non-hydrogen) atoms. The lowest BCUT2D eigenvalue weighted by atomic mass is 9.97. The molecule has 88 valence electrons. The third kappa shape index (κ3) is 2.41. The molecule has 2 atom stereocenters. The summed E-state index contributed by atoms with van der Waals surface area (Å²) in [5.41, 5.74) is 0. The van der Waals surface area contributed by atoms with Gasteiger partial charge in [0.25, 0.3) is 0 Å². The van der Waals surface area contributed by atoms with E-state index in [1.165, 1.54) is 0 Å². The summed E-state index contributed by atoms with van der Waals surface area (Å²) in [5.74, 6) is 0.993. The van der Waals surface area contributed by atoms with Gasteiger partial charge in [0, 0.05) is 37.8 Å². The van der Waals surface area contributed by atoms with Gasteiger partial charge in [0.1, 0.15) is 5.82 Å². The van der Waals surface area contributed by atoms with E-state index in [9.17, 15) is 4.79 Å². The Labute approximate surface area is 94.5 Å². The van der Waals surface area contributed by atoms with E-state index >= 15 is 0 Å². The van der Waals surface area contributed by atoms with Crippen LogP contribution in [-0.2, 0) is 17.8 Å². The predicted molar refractivity (Wildman–Crippen MR) is 58.7 cm³/mol. The number of hydrogen-bond donors (Lipinski definition) is 2. The highest BCUT2D eigenvalue weighted by molar-refractivity contribution is 5.78. The lowest BCUT2D eigenvalue weighted by Gasteiger charge is -2.22. The average molecular weight is 223 g/mol. The molecule has 0 fully saturated rings. The first kappa shape index (κ1) is 11.1. The van der Waals surface area contributed by atoms with Crippen molar-refractivity contribution in [3.8, 4) is 0 Å². The molecular formula is C11H17N3O2. The summed E-state index contributed by atoms with van der Waals surface area (Å²) in [6, 6.07) is 0. The zero-order chi connectivity index (χ0) is 11.5. The first-order valence-corrected chi connectivity index (χ1v) is 5.62. The highest BCUT2D eigenvalue weighted by Crippen LogP contribution is 2.18. The number of hydrogen-bond acceptors (Lipinski definition) is 3. The maximum absolute atomic E-state index is 11.8. The van der Waals surface area contributed by atoms with E-state index in [0.29, 0.717) is 13.0 Å². The molecule has 0 saturated heterocycles. The highest BCUT2D eigenvalue weighted by Gasteiger charge is 2.25. The Morgan fingerprint density at radius 1 is 1.81 bits per heavy atom. The minimum absolute atomic E-state index is 0.00588. The van der Waals surface area contributed by atoms with Gasteiger partial charge < -0.3 is 15.0 Å². The quantitative estimate of drug-likeness (QED) is 0.754. The largest absolute Gasteiger partial charge is 0.392 e. The molecule has 1 aliphatic rings. The Kier molecular flexibility index (Phi) is 3.24. The Morgan fingerprint density at radius 3 is 3.38 bits per heavy atom. The zero-order valence-corrected chi connectivity index (χ0v) is 9.39. The van der Waals surface area contributed by atoms with Crippen LogP contribution in [0.4, 0.5) is 0 Å². The van der Waals surface area contributed by atoms with Gasteiger partial charge in [-0.1, -0.05) is 0 Å². The molecule has 2 N–H and O–H groups in total. The summed E-state index contributed by atoms with van der Waals surface area (Å²) in [7, 11) is 0. The molecule has 0 radical (unpaired) electrons. The van der Waals surface area contributed by atoms with Gasteiger partial charge in [0.15, 0.2) is 0 Å². The maximum atomic E-state index is 11.8. The number of aryl methyl sites for hydroxylation is 1. The van der Waals surface area contributed by atoms with Crippen LogP contribution in [0.25, 0.3) is 0 Å². The lowest BCUT2D eigenvalue weighted by Crippen LogP contribution is -2.38. The van der Waals surface area contributed by atoms with Crippen LogP contribution >= 0.6 is 0 Å². The van der Waals surface area contributed by atoms with Gasteiger partial charge in [0.2, 0.25) is 5.91 Å². The molecule has 5 nitrogen and oxygen atoms in total. The number of rotatable bonds is 3. The van der Waals surface area contributed by atoms with E-state index < -0.39 is 6.10 Å². The third-order valence-electron chi connectivity index (χ3n) is 2.89. The molecule has 0 bridgehead atoms. The first-order valence-electron chi connectivity index (χ1n) is 5.62. The third-order valence-corrected chi connectivity index (χ3v) is 2.89. The fourth-order valence-electron chi connectivity index (χ4n) is 1.97. The van der Waals surface area contributed by atoms with Gasteiger partial charge in [-0.3, -0.25) is 4.79 Å². The topological polar surface area (TPSA) is 67.2 Å². The van der Waals surface area contributed by atoms with Crippen LogP contribution in [0.1, 0.15) is 19.2 Å². The Bertz CT molecular complexity index is 373. The minimum Gasteiger partial charge on any atom is -0.392 e. The summed E-state index contributed by atoms with van der Waals surface area (Å²) in [6.45, 7) is 2.83. The molecule has 1 aliphatic heterocycles. The molecule has 0 aromatic carbocycles. The number of carbonyl (C=O) groups excluding carboxylic acids is 1. The molecule has 0 spiro atoms. The average Bonchev–Trinajstić information content (AvgIpc) is 2.72. The van der Waals surface area contributed by atoms with Crippen molar-refractivity contribution in [3.63, 3.8) is 0 Å². The van der Waals surface area contributed by atoms with Crippen molar-refractivity contribution in [3.05, 3.63) is 18.2 Å². The number of fused-ring (bicyclic) bond motifs is 1. The van der Waals surface area contributed by atoms with Crippen LogP contribution in [-0.4, -0.2) is 33.2 Å². The number of amides is 1. The van der Waals surface area contributed by atoms with Gasteiger partial charge in [0.05, 0.1) is 6.10 Å². The normalized spacial score (nSPS) is 21.2. The summed E-state index contributed by atoms with van der Waals surface area (Å²) in [6.07, 6.45) is 4.76. The van der Waals surface area contributed by atoms with Gasteiger partial charge in [-0.05, 0) is 13.3 Å². The molecule has 2 rings (SSSR count). The summed E-state index contributed by atoms with van der Waals surface area (Å²) in [4.78, 5) is 16.0. The van der Waals surface area contributed by atoms with Crippen molar-refractivity contribution in [1.29, 1.82) is 0 Å². The molecule has 1 aromatic rings. The second kappa shape index (κ2) is 4.65. The maximum Gasteiger partial charge on any atom is 0.223 e. The van der Waals surface area contributed by atoms with Crippen molar-refractivity contribution >= 4 is 5.91 Å². The molecule has 1 aromatic heterocycles. The molecular weight excluding hydrogens is 206 g/mol. The van der Waals surface area contributed by atoms with E-state index in [0.717, 1.165) is 18.8 Å². The van der Waals surface area contributed by atoms with E-state index in [2.05, 4.69) is 14.9 Å². The van der Waals surface area contributed by atoms with Crippen LogP contribution in [0.2, 0.25) is 0 Å². The molecule has 1 amide bonds. The summed E-state index contributed by atoms with van der Waals surface area (Å²) < 4.78 is 2.08. The number of aliphatic hydroxyl groups excluding tert-OH is 1. The van der Waals surface area contributed by atoms with Crippen molar-refractivity contribution in [1.82, 2.24) is 14.9 Å². The second-order valence-electron chi connectivity index (χ2n) is 4.32. The second-order valence-corrected chi connectivity index (χ2v) is 4.32. The standard InChI is InChI=1S/C11H17N3O2/c1-8(15)7-13-11(16)9-2-4-14-5-3-12-10(14)6-9/h3,5,8-9,15H,2,4,6-7H2,1H3,(H,13,16). The van der Waals surface area contributed by atoms with Crippen LogP contribution < -0.4 is 5.32 Å². The van der Waals surface area contributed by atoms with Crippen molar-refractivity contribution in [2.24, 2.45) is 5.92 Å². The van der Waals surface area contributed by atoms with Crippen molar-refractivity contribution in [2.45, 2.75) is 32.4 Å². The van der Waals surface area contributed by atoms with Crippen LogP contribution in [0.5, 0.6) is 0 Å². The Balaban J connectivity index is 1.90. The first-order chi connectivity index (χ1) is 7.66. The molecule has 0 saturated carbocycles. The molecule has 2 heterocycles. The van der Waals surface area contributed by atoms with E-state index in [1.54, 1.807) is 13.1 Å². The number of imidazole rings is 1. The smallest absolute Gasteiger partial charge is 0.223 e. The number of nitrogens with zero attached hydrogens (tertiary/aromatic N) is 2. The van der Waals surface area contributed by atoms with Crippen molar-refractivity contribution < 1.29 is 9.90 Å². The van der Waals surface area contributed by atoms with Crippen LogP contribution in [0.3, 0.4) is 0 Å². The Morgan fingerprint density at radius 2 is 2.62 bits per heavy atom. The van der Waals surface area contributed by atoms with Gasteiger partial charge in [-0.15, -0.1) is 0 Å².